The Kier molecular flexibility index (Phi) is 5.45. The molecule has 1 aromatic carbocycles. The Bertz CT molecular complexity index is 407. The highest BCUT2D eigenvalue weighted by Crippen LogP contribution is 2.20. The highest BCUT2D eigenvalue weighted by atomic mass is 16.5. The van der Waals surface area contributed by atoms with Crippen molar-refractivity contribution < 1.29 is 9.53 Å². The van der Waals surface area contributed by atoms with E-state index >= 15 is 0 Å². The number of amides is 1. The lowest BCUT2D eigenvalue weighted by molar-refractivity contribution is -0.121. The number of benzene rings is 1. The van der Waals surface area contributed by atoms with E-state index in [1.165, 1.54) is 0 Å². The maximum Gasteiger partial charge on any atom is 0.242 e. The summed E-state index contributed by atoms with van der Waals surface area (Å²) in [6.45, 7) is 4.79. The Labute approximate surface area is 108 Å². The molecule has 5 nitrogen and oxygen atoms in total. The monoisotopic (exact) mass is 251 g/mol. The van der Waals surface area contributed by atoms with Crippen LogP contribution < -0.4 is 16.4 Å². The van der Waals surface area contributed by atoms with E-state index in [1.54, 1.807) is 14.0 Å². The number of rotatable bonds is 6. The number of carbonyl (C=O) groups excluding carboxylic acids is 1. The van der Waals surface area contributed by atoms with E-state index in [0.717, 1.165) is 11.3 Å². The second-order valence-corrected chi connectivity index (χ2v) is 4.24. The molecule has 0 heterocycles. The molecule has 0 aromatic heterocycles. The van der Waals surface area contributed by atoms with E-state index in [-0.39, 0.29) is 11.9 Å². The molecule has 100 valence electrons. The summed E-state index contributed by atoms with van der Waals surface area (Å²) in [6.07, 6.45) is 0. The fourth-order valence-electron chi connectivity index (χ4n) is 1.52. The number of methoxy groups -OCH3 is 1. The molecule has 1 unspecified atom stereocenters. The second-order valence-electron chi connectivity index (χ2n) is 4.24. The fraction of sp³-hybridized carbons (Fsp3) is 0.462. The highest BCUT2D eigenvalue weighted by Gasteiger charge is 2.12. The number of hydrogen-bond acceptors (Lipinski definition) is 4. The van der Waals surface area contributed by atoms with E-state index in [0.29, 0.717) is 18.8 Å². The number of nitrogens with two attached hydrogens (primary N) is 1. The summed E-state index contributed by atoms with van der Waals surface area (Å²) in [6, 6.07) is 5.34. The Hall–Kier alpha value is -1.75. The maximum atomic E-state index is 11.7. The molecule has 18 heavy (non-hydrogen) atoms. The minimum Gasteiger partial charge on any atom is -0.397 e. The average Bonchev–Trinajstić information content (AvgIpc) is 2.34. The maximum absolute atomic E-state index is 11.7. The van der Waals surface area contributed by atoms with Crippen LogP contribution in [0, 0.1) is 6.92 Å². The van der Waals surface area contributed by atoms with Crippen LogP contribution in [-0.2, 0) is 9.53 Å². The molecule has 0 radical (unpaired) electrons. The molecule has 0 fully saturated rings. The smallest absolute Gasteiger partial charge is 0.242 e. The molecule has 0 aliphatic carbocycles. The molecule has 0 aliphatic rings. The minimum absolute atomic E-state index is 0.0760. The quantitative estimate of drug-likeness (QED) is 0.523. The number of hydrogen-bond donors (Lipinski definition) is 3. The number of nitrogens with one attached hydrogen (secondary N) is 2. The summed E-state index contributed by atoms with van der Waals surface area (Å²) in [5, 5.41) is 5.87. The van der Waals surface area contributed by atoms with Gasteiger partial charge in [0, 0.05) is 13.7 Å². The van der Waals surface area contributed by atoms with Gasteiger partial charge in [0.2, 0.25) is 5.91 Å². The van der Waals surface area contributed by atoms with Crippen molar-refractivity contribution in [2.75, 3.05) is 31.3 Å². The zero-order valence-corrected chi connectivity index (χ0v) is 11.1. The first kappa shape index (κ1) is 14.3. The summed E-state index contributed by atoms with van der Waals surface area (Å²) < 4.78 is 4.87. The number of anilines is 2. The molecular formula is C13H21N3O2. The van der Waals surface area contributed by atoms with Crippen LogP contribution in [0.15, 0.2) is 18.2 Å². The second kappa shape index (κ2) is 6.86. The van der Waals surface area contributed by atoms with E-state index in [4.69, 9.17) is 10.5 Å². The molecule has 0 saturated carbocycles. The van der Waals surface area contributed by atoms with Gasteiger partial charge in [0.25, 0.3) is 0 Å². The van der Waals surface area contributed by atoms with Gasteiger partial charge in [-0.15, -0.1) is 0 Å². The summed E-state index contributed by atoms with van der Waals surface area (Å²) in [5.74, 6) is -0.0760. The van der Waals surface area contributed by atoms with E-state index in [2.05, 4.69) is 10.6 Å². The first-order chi connectivity index (χ1) is 8.54. The Morgan fingerprint density at radius 3 is 2.89 bits per heavy atom. The Morgan fingerprint density at radius 1 is 1.50 bits per heavy atom. The summed E-state index contributed by atoms with van der Waals surface area (Å²) in [7, 11) is 1.60. The van der Waals surface area contributed by atoms with Gasteiger partial charge in [-0.2, -0.15) is 0 Å². The van der Waals surface area contributed by atoms with Crippen molar-refractivity contribution in [3.05, 3.63) is 23.8 Å². The molecule has 4 N–H and O–H groups in total. The van der Waals surface area contributed by atoms with Gasteiger partial charge in [0.1, 0.15) is 6.04 Å². The number of ether oxygens (including phenoxy) is 1. The molecule has 0 spiro atoms. The first-order valence-corrected chi connectivity index (χ1v) is 5.94. The number of carbonyl (C=O) groups is 1. The fourth-order valence-corrected chi connectivity index (χ4v) is 1.52. The van der Waals surface area contributed by atoms with Crippen LogP contribution >= 0.6 is 0 Å². The molecular weight excluding hydrogens is 230 g/mol. The zero-order chi connectivity index (χ0) is 13.5. The van der Waals surface area contributed by atoms with Crippen molar-refractivity contribution in [3.63, 3.8) is 0 Å². The van der Waals surface area contributed by atoms with Crippen molar-refractivity contribution in [1.29, 1.82) is 0 Å². The average molecular weight is 251 g/mol. The van der Waals surface area contributed by atoms with Gasteiger partial charge in [-0.1, -0.05) is 6.07 Å². The number of aryl methyl sites for hydroxylation is 1. The lowest BCUT2D eigenvalue weighted by Gasteiger charge is -2.17. The molecule has 0 aliphatic heterocycles. The predicted octanol–water partition coefficient (Wildman–Crippen LogP) is 1.14. The van der Waals surface area contributed by atoms with Gasteiger partial charge < -0.3 is 21.1 Å². The third-order valence-corrected chi connectivity index (χ3v) is 2.58. The van der Waals surface area contributed by atoms with Crippen LogP contribution in [0.25, 0.3) is 0 Å². The molecule has 1 aromatic rings. The Balaban J connectivity index is 2.55. The third kappa shape index (κ3) is 4.25. The minimum atomic E-state index is -0.342. The largest absolute Gasteiger partial charge is 0.397 e. The Morgan fingerprint density at radius 2 is 2.22 bits per heavy atom. The van der Waals surface area contributed by atoms with Crippen LogP contribution in [0.5, 0.6) is 0 Å². The van der Waals surface area contributed by atoms with Crippen LogP contribution in [0.3, 0.4) is 0 Å². The van der Waals surface area contributed by atoms with Gasteiger partial charge >= 0.3 is 0 Å². The van der Waals surface area contributed by atoms with E-state index in [1.807, 2.05) is 25.1 Å². The van der Waals surface area contributed by atoms with Crippen molar-refractivity contribution in [2.45, 2.75) is 19.9 Å². The molecule has 0 bridgehead atoms. The van der Waals surface area contributed by atoms with Crippen LogP contribution in [0.1, 0.15) is 12.5 Å². The SMILES string of the molecule is COCCNC(=O)C(C)Nc1cc(C)ccc1N. The molecule has 1 rings (SSSR count). The standard InChI is InChI=1S/C13H21N3O2/c1-9-4-5-11(14)12(8-9)16-10(2)13(17)15-6-7-18-3/h4-5,8,10,16H,6-7,14H2,1-3H3,(H,15,17). The molecule has 1 atom stereocenters. The zero-order valence-electron chi connectivity index (χ0n) is 11.1. The topological polar surface area (TPSA) is 76.4 Å². The van der Waals surface area contributed by atoms with Crippen molar-refractivity contribution in [1.82, 2.24) is 5.32 Å². The highest BCUT2D eigenvalue weighted by molar-refractivity contribution is 5.85. The number of nitrogen functional groups attached to an aromatic ring is 1. The van der Waals surface area contributed by atoms with Gasteiger partial charge in [0.05, 0.1) is 18.0 Å². The van der Waals surface area contributed by atoms with Crippen molar-refractivity contribution in [2.24, 2.45) is 0 Å². The van der Waals surface area contributed by atoms with Gasteiger partial charge in [-0.3, -0.25) is 4.79 Å². The summed E-state index contributed by atoms with van der Waals surface area (Å²) in [5.41, 5.74) is 8.36. The van der Waals surface area contributed by atoms with Gasteiger partial charge in [0.15, 0.2) is 0 Å². The van der Waals surface area contributed by atoms with Crippen LogP contribution in [0.4, 0.5) is 11.4 Å². The van der Waals surface area contributed by atoms with Gasteiger partial charge in [-0.25, -0.2) is 0 Å². The van der Waals surface area contributed by atoms with Crippen LogP contribution in [-0.4, -0.2) is 32.2 Å². The lowest BCUT2D eigenvalue weighted by atomic mass is 10.1. The normalized spacial score (nSPS) is 11.9. The van der Waals surface area contributed by atoms with Crippen LogP contribution in [0.2, 0.25) is 0 Å². The lowest BCUT2D eigenvalue weighted by Crippen LogP contribution is -2.39. The molecule has 1 amide bonds. The van der Waals surface area contributed by atoms with Crippen molar-refractivity contribution in [3.8, 4) is 0 Å². The van der Waals surface area contributed by atoms with Gasteiger partial charge in [-0.05, 0) is 31.5 Å². The van der Waals surface area contributed by atoms with E-state index < -0.39 is 0 Å². The van der Waals surface area contributed by atoms with Crippen molar-refractivity contribution >= 4 is 17.3 Å². The third-order valence-electron chi connectivity index (χ3n) is 2.58. The first-order valence-electron chi connectivity index (χ1n) is 5.94. The summed E-state index contributed by atoms with van der Waals surface area (Å²) in [4.78, 5) is 11.7. The van der Waals surface area contributed by atoms with E-state index in [9.17, 15) is 4.79 Å². The molecule has 5 heteroatoms. The summed E-state index contributed by atoms with van der Waals surface area (Å²) >= 11 is 0. The predicted molar refractivity (Wildman–Crippen MR) is 73.6 cm³/mol. The molecule has 0 saturated heterocycles.